The van der Waals surface area contributed by atoms with E-state index in [1.165, 1.54) is 24.0 Å². The summed E-state index contributed by atoms with van der Waals surface area (Å²) < 4.78 is 0. The molecular weight excluding hydrogens is 236 g/mol. The molecule has 1 atom stereocenters. The second kappa shape index (κ2) is 5.11. The molecule has 0 saturated heterocycles. The van der Waals surface area contributed by atoms with Crippen LogP contribution in [-0.2, 0) is 0 Å². The third kappa shape index (κ3) is 3.15. The SMILES string of the molecule is C[C@@H](N)c1ccc(Sc2nccc(=O)[nH]2)nc1. The Hall–Kier alpha value is -1.66. The van der Waals surface area contributed by atoms with Gasteiger partial charge in [0.15, 0.2) is 5.16 Å². The molecule has 0 spiro atoms. The van der Waals surface area contributed by atoms with E-state index < -0.39 is 0 Å². The lowest BCUT2D eigenvalue weighted by molar-refractivity contribution is 0.806. The van der Waals surface area contributed by atoms with Crippen LogP contribution in [-0.4, -0.2) is 15.0 Å². The van der Waals surface area contributed by atoms with Gasteiger partial charge in [-0.3, -0.25) is 4.79 Å². The van der Waals surface area contributed by atoms with Crippen LogP contribution >= 0.6 is 11.8 Å². The predicted octanol–water partition coefficient (Wildman–Crippen LogP) is 1.34. The number of nitrogens with two attached hydrogens (primary N) is 1. The Bertz CT molecular complexity index is 550. The summed E-state index contributed by atoms with van der Waals surface area (Å²) in [4.78, 5) is 22.0. The summed E-state index contributed by atoms with van der Waals surface area (Å²) in [6.07, 6.45) is 3.20. The van der Waals surface area contributed by atoms with E-state index in [2.05, 4.69) is 15.0 Å². The summed E-state index contributed by atoms with van der Waals surface area (Å²) in [5.74, 6) is 0. The first-order valence-corrected chi connectivity index (χ1v) is 5.91. The number of H-pyrrole nitrogens is 1. The van der Waals surface area contributed by atoms with Crippen molar-refractivity contribution in [3.63, 3.8) is 0 Å². The van der Waals surface area contributed by atoms with Gasteiger partial charge < -0.3 is 10.7 Å². The molecule has 0 radical (unpaired) electrons. The van der Waals surface area contributed by atoms with Crippen LogP contribution in [0.2, 0.25) is 0 Å². The van der Waals surface area contributed by atoms with Crippen molar-refractivity contribution in [3.05, 3.63) is 46.5 Å². The van der Waals surface area contributed by atoms with E-state index >= 15 is 0 Å². The highest BCUT2D eigenvalue weighted by atomic mass is 32.2. The Labute approximate surface area is 103 Å². The van der Waals surface area contributed by atoms with E-state index in [0.29, 0.717) is 5.16 Å². The van der Waals surface area contributed by atoms with Crippen molar-refractivity contribution in [2.24, 2.45) is 5.73 Å². The normalized spacial score (nSPS) is 12.4. The Morgan fingerprint density at radius 2 is 2.18 bits per heavy atom. The minimum absolute atomic E-state index is 0.0313. The number of aromatic amines is 1. The second-order valence-electron chi connectivity index (χ2n) is 3.56. The standard InChI is InChI=1S/C11H12N4OS/c1-7(12)8-2-3-10(14-6-8)17-11-13-5-4-9(16)15-11/h2-7H,12H2,1H3,(H,13,15,16)/t7-/m1/s1. The lowest BCUT2D eigenvalue weighted by atomic mass is 10.2. The Balaban J connectivity index is 2.16. The summed E-state index contributed by atoms with van der Waals surface area (Å²) in [6, 6.07) is 5.12. The van der Waals surface area contributed by atoms with Crippen molar-refractivity contribution in [3.8, 4) is 0 Å². The first kappa shape index (κ1) is 11.8. The highest BCUT2D eigenvalue weighted by Gasteiger charge is 2.03. The van der Waals surface area contributed by atoms with E-state index in [-0.39, 0.29) is 11.6 Å². The van der Waals surface area contributed by atoms with Crippen LogP contribution < -0.4 is 11.3 Å². The number of pyridine rings is 1. The molecule has 0 aliphatic carbocycles. The maximum atomic E-state index is 11.1. The van der Waals surface area contributed by atoms with Crippen LogP contribution in [0.3, 0.4) is 0 Å². The van der Waals surface area contributed by atoms with Crippen LogP contribution in [0, 0.1) is 0 Å². The lowest BCUT2D eigenvalue weighted by Crippen LogP contribution is -2.06. The molecule has 0 aliphatic heterocycles. The smallest absolute Gasteiger partial charge is 0.251 e. The van der Waals surface area contributed by atoms with Gasteiger partial charge in [-0.2, -0.15) is 0 Å². The van der Waals surface area contributed by atoms with E-state index in [0.717, 1.165) is 10.6 Å². The van der Waals surface area contributed by atoms with Crippen molar-refractivity contribution in [2.45, 2.75) is 23.1 Å². The van der Waals surface area contributed by atoms with Gasteiger partial charge in [-0.1, -0.05) is 6.07 Å². The van der Waals surface area contributed by atoms with Crippen molar-refractivity contribution >= 4 is 11.8 Å². The first-order chi connectivity index (χ1) is 8.15. The molecule has 0 amide bonds. The van der Waals surface area contributed by atoms with Gasteiger partial charge in [-0.05, 0) is 30.3 Å². The first-order valence-electron chi connectivity index (χ1n) is 5.10. The molecule has 2 heterocycles. The Kier molecular flexibility index (Phi) is 3.55. The second-order valence-corrected chi connectivity index (χ2v) is 4.57. The quantitative estimate of drug-likeness (QED) is 0.801. The van der Waals surface area contributed by atoms with Crippen LogP contribution in [0.4, 0.5) is 0 Å². The number of nitrogens with one attached hydrogen (secondary N) is 1. The molecule has 0 fully saturated rings. The van der Waals surface area contributed by atoms with E-state index in [9.17, 15) is 4.79 Å². The molecule has 2 aromatic heterocycles. The van der Waals surface area contributed by atoms with Crippen LogP contribution in [0.1, 0.15) is 18.5 Å². The minimum Gasteiger partial charge on any atom is -0.324 e. The number of hydrogen-bond acceptors (Lipinski definition) is 5. The number of aromatic nitrogens is 3. The molecule has 3 N–H and O–H groups in total. The van der Waals surface area contributed by atoms with Gasteiger partial charge in [0.1, 0.15) is 5.03 Å². The Morgan fingerprint density at radius 1 is 1.35 bits per heavy atom. The van der Waals surface area contributed by atoms with Gasteiger partial charge in [0.2, 0.25) is 0 Å². The molecule has 5 nitrogen and oxygen atoms in total. The Morgan fingerprint density at radius 3 is 2.76 bits per heavy atom. The number of rotatable bonds is 3. The molecule has 2 rings (SSSR count). The zero-order chi connectivity index (χ0) is 12.3. The van der Waals surface area contributed by atoms with Crippen molar-refractivity contribution in [2.75, 3.05) is 0 Å². The fourth-order valence-electron chi connectivity index (χ4n) is 1.22. The van der Waals surface area contributed by atoms with Gasteiger partial charge in [-0.25, -0.2) is 9.97 Å². The molecule has 0 saturated carbocycles. The maximum absolute atomic E-state index is 11.1. The fourth-order valence-corrected chi connectivity index (χ4v) is 1.93. The van der Waals surface area contributed by atoms with Gasteiger partial charge in [0.25, 0.3) is 5.56 Å². The largest absolute Gasteiger partial charge is 0.324 e. The summed E-state index contributed by atoms with van der Waals surface area (Å²) in [5.41, 5.74) is 6.53. The zero-order valence-electron chi connectivity index (χ0n) is 9.25. The molecule has 2 aromatic rings. The topological polar surface area (TPSA) is 84.7 Å². The van der Waals surface area contributed by atoms with E-state index in [4.69, 9.17) is 5.73 Å². The van der Waals surface area contributed by atoms with Crippen LogP contribution in [0.15, 0.2) is 45.6 Å². The van der Waals surface area contributed by atoms with E-state index in [1.54, 1.807) is 6.20 Å². The molecule has 0 unspecified atom stereocenters. The predicted molar refractivity (Wildman–Crippen MR) is 65.8 cm³/mol. The monoisotopic (exact) mass is 248 g/mol. The minimum atomic E-state index is -0.172. The van der Waals surface area contributed by atoms with Crippen LogP contribution in [0.5, 0.6) is 0 Å². The number of hydrogen-bond donors (Lipinski definition) is 2. The average Bonchev–Trinajstić information content (AvgIpc) is 2.29. The van der Waals surface area contributed by atoms with Crippen molar-refractivity contribution in [1.82, 2.24) is 15.0 Å². The van der Waals surface area contributed by atoms with Crippen molar-refractivity contribution < 1.29 is 0 Å². The number of nitrogens with zero attached hydrogens (tertiary/aromatic N) is 2. The fraction of sp³-hybridized carbons (Fsp3) is 0.182. The highest BCUT2D eigenvalue weighted by molar-refractivity contribution is 7.99. The zero-order valence-corrected chi connectivity index (χ0v) is 10.1. The molecule has 0 bridgehead atoms. The maximum Gasteiger partial charge on any atom is 0.251 e. The third-order valence-electron chi connectivity index (χ3n) is 2.13. The molecular formula is C11H12N4OS. The molecule has 0 aromatic carbocycles. The van der Waals surface area contributed by atoms with Gasteiger partial charge in [0, 0.05) is 24.5 Å². The summed E-state index contributed by atoms with van der Waals surface area (Å²) in [6.45, 7) is 1.90. The third-order valence-corrected chi connectivity index (χ3v) is 2.99. The van der Waals surface area contributed by atoms with Crippen LogP contribution in [0.25, 0.3) is 0 Å². The molecule has 17 heavy (non-hydrogen) atoms. The highest BCUT2D eigenvalue weighted by Crippen LogP contribution is 2.21. The average molecular weight is 248 g/mol. The van der Waals surface area contributed by atoms with Crippen molar-refractivity contribution in [1.29, 1.82) is 0 Å². The summed E-state index contributed by atoms with van der Waals surface area (Å²) >= 11 is 1.30. The summed E-state index contributed by atoms with van der Waals surface area (Å²) in [5, 5.41) is 1.29. The van der Waals surface area contributed by atoms with Gasteiger partial charge in [0.05, 0.1) is 0 Å². The molecule has 88 valence electrons. The van der Waals surface area contributed by atoms with Gasteiger partial charge in [-0.15, -0.1) is 0 Å². The lowest BCUT2D eigenvalue weighted by Gasteiger charge is -2.05. The molecule has 6 heteroatoms. The summed E-state index contributed by atoms with van der Waals surface area (Å²) in [7, 11) is 0. The molecule has 0 aliphatic rings. The van der Waals surface area contributed by atoms with E-state index in [1.807, 2.05) is 19.1 Å². The van der Waals surface area contributed by atoms with Gasteiger partial charge >= 0.3 is 0 Å².